The predicted octanol–water partition coefficient (Wildman–Crippen LogP) is 3.79. The number of unbranched alkanes of at least 4 members (excludes halogenated alkanes) is 4. The number of phenols is 1. The average Bonchev–Trinajstić information content (AvgIpc) is 3.12. The quantitative estimate of drug-likeness (QED) is 0.543. The van der Waals surface area contributed by atoms with E-state index in [1.165, 1.54) is 19.2 Å². The molecule has 7 heteroatoms. The van der Waals surface area contributed by atoms with Gasteiger partial charge >= 0.3 is 5.97 Å². The Morgan fingerprint density at radius 1 is 1.22 bits per heavy atom. The molecule has 0 fully saturated rings. The molecule has 0 saturated carbocycles. The van der Waals surface area contributed by atoms with Crippen LogP contribution in [0.2, 0.25) is 0 Å². The number of phenolic OH excluding ortho intramolecular Hbond substituents is 1. The van der Waals surface area contributed by atoms with Gasteiger partial charge in [-0.2, -0.15) is 10.1 Å². The summed E-state index contributed by atoms with van der Waals surface area (Å²) < 4.78 is 7.22. The molecule has 0 bridgehead atoms. The van der Waals surface area contributed by atoms with Crippen LogP contribution in [-0.2, 0) is 9.53 Å². The highest BCUT2D eigenvalue weighted by atomic mass is 16.5. The number of nitrogens with zero attached hydrogens (tertiary/aromatic N) is 3. The Kier molecular flexibility index (Phi) is 6.11. The lowest BCUT2D eigenvalue weighted by Crippen LogP contribution is -2.29. The fourth-order valence-electron chi connectivity index (χ4n) is 3.27. The van der Waals surface area contributed by atoms with Gasteiger partial charge in [0.15, 0.2) is 0 Å². The Balaban J connectivity index is 1.78. The second-order valence-corrected chi connectivity index (χ2v) is 6.74. The van der Waals surface area contributed by atoms with Crippen molar-refractivity contribution in [3.05, 3.63) is 47.4 Å². The third-order valence-electron chi connectivity index (χ3n) is 4.70. The van der Waals surface area contributed by atoms with Crippen molar-refractivity contribution in [3.8, 4) is 5.75 Å². The van der Waals surface area contributed by atoms with Crippen LogP contribution in [0.4, 0.5) is 5.95 Å². The van der Waals surface area contributed by atoms with E-state index >= 15 is 0 Å². The van der Waals surface area contributed by atoms with Crippen LogP contribution < -0.4 is 5.32 Å². The molecular formula is C20H26N4O3. The summed E-state index contributed by atoms with van der Waals surface area (Å²) >= 11 is 0. The third-order valence-corrected chi connectivity index (χ3v) is 4.70. The highest BCUT2D eigenvalue weighted by Crippen LogP contribution is 2.35. The smallest absolute Gasteiger partial charge is 0.338 e. The van der Waals surface area contributed by atoms with Gasteiger partial charge in [-0.3, -0.25) is 0 Å². The van der Waals surface area contributed by atoms with Gasteiger partial charge in [0.05, 0.1) is 12.2 Å². The number of fused-ring (bicyclic) bond motifs is 1. The number of carbonyl (C=O) groups is 1. The molecule has 2 aromatic rings. The van der Waals surface area contributed by atoms with Gasteiger partial charge in [-0.25, -0.2) is 9.48 Å². The van der Waals surface area contributed by atoms with E-state index in [2.05, 4.69) is 22.3 Å². The normalized spacial score (nSPS) is 16.0. The number of esters is 1. The maximum absolute atomic E-state index is 12.8. The van der Waals surface area contributed by atoms with Gasteiger partial charge in [0.2, 0.25) is 5.95 Å². The molecule has 1 aromatic carbocycles. The zero-order valence-electron chi connectivity index (χ0n) is 15.8. The molecule has 0 spiro atoms. The Bertz CT molecular complexity index is 811. The Hall–Kier alpha value is -2.83. The second kappa shape index (κ2) is 8.70. The molecule has 0 saturated heterocycles. The molecule has 3 rings (SSSR count). The van der Waals surface area contributed by atoms with Crippen molar-refractivity contribution in [3.63, 3.8) is 0 Å². The van der Waals surface area contributed by atoms with Crippen LogP contribution in [-0.4, -0.2) is 32.4 Å². The molecule has 2 N–H and O–H groups in total. The maximum Gasteiger partial charge on any atom is 0.338 e. The Morgan fingerprint density at radius 2 is 1.96 bits per heavy atom. The summed E-state index contributed by atoms with van der Waals surface area (Å²) in [5.41, 5.74) is 2.03. The summed E-state index contributed by atoms with van der Waals surface area (Å²) in [5, 5.41) is 17.0. The van der Waals surface area contributed by atoms with E-state index in [4.69, 9.17) is 4.74 Å². The van der Waals surface area contributed by atoms with Gasteiger partial charge in [0, 0.05) is 5.70 Å². The maximum atomic E-state index is 12.8. The van der Waals surface area contributed by atoms with Crippen molar-refractivity contribution in [2.45, 2.75) is 52.0 Å². The topological polar surface area (TPSA) is 89.3 Å². The minimum absolute atomic E-state index is 0.170. The predicted molar refractivity (Wildman–Crippen MR) is 102 cm³/mol. The molecule has 1 aromatic heterocycles. The lowest BCUT2D eigenvalue weighted by Gasteiger charge is -2.28. The van der Waals surface area contributed by atoms with Crippen LogP contribution in [0.25, 0.3) is 0 Å². The number of aromatic nitrogens is 3. The Labute approximate surface area is 159 Å². The molecule has 1 aliphatic heterocycles. The highest BCUT2D eigenvalue weighted by molar-refractivity contribution is 5.92. The fourth-order valence-corrected chi connectivity index (χ4v) is 3.27. The number of anilines is 1. The zero-order valence-corrected chi connectivity index (χ0v) is 15.8. The van der Waals surface area contributed by atoms with Crippen molar-refractivity contribution in [1.82, 2.24) is 14.8 Å². The number of allylic oxidation sites excluding steroid dienone is 1. The molecule has 1 atom stereocenters. The number of hydrogen-bond donors (Lipinski definition) is 2. The van der Waals surface area contributed by atoms with Crippen molar-refractivity contribution in [1.29, 1.82) is 0 Å². The molecule has 7 nitrogen and oxygen atoms in total. The van der Waals surface area contributed by atoms with Gasteiger partial charge < -0.3 is 15.2 Å². The van der Waals surface area contributed by atoms with Crippen molar-refractivity contribution >= 4 is 11.9 Å². The first kappa shape index (κ1) is 18.9. The third kappa shape index (κ3) is 4.30. The van der Waals surface area contributed by atoms with Crippen LogP contribution in [0.1, 0.15) is 57.6 Å². The summed E-state index contributed by atoms with van der Waals surface area (Å²) in [4.78, 5) is 17.1. The molecule has 0 amide bonds. The van der Waals surface area contributed by atoms with Gasteiger partial charge in [-0.05, 0) is 31.0 Å². The second-order valence-electron chi connectivity index (χ2n) is 6.74. The Morgan fingerprint density at radius 3 is 2.70 bits per heavy atom. The van der Waals surface area contributed by atoms with Gasteiger partial charge in [0.1, 0.15) is 18.1 Å². The number of benzene rings is 1. The van der Waals surface area contributed by atoms with E-state index in [9.17, 15) is 9.90 Å². The summed E-state index contributed by atoms with van der Waals surface area (Å²) in [6.07, 6.45) is 6.93. The molecular weight excluding hydrogens is 344 g/mol. The molecule has 2 heterocycles. The van der Waals surface area contributed by atoms with E-state index in [0.29, 0.717) is 23.8 Å². The summed E-state index contributed by atoms with van der Waals surface area (Å²) in [6, 6.07) is 6.31. The first-order chi connectivity index (χ1) is 13.1. The minimum atomic E-state index is -0.447. The molecule has 144 valence electrons. The first-order valence-electron chi connectivity index (χ1n) is 9.45. The standard InChI is InChI=1S/C20H26N4O3/c1-3-4-5-6-7-12-27-19(26)17-14(2)23-20-21-13-22-24(20)18(17)15-8-10-16(25)11-9-15/h8-11,13,18,25H,3-7,12H2,1-2H3,(H,21,22,23). The summed E-state index contributed by atoms with van der Waals surface area (Å²) in [7, 11) is 0. The number of hydrogen-bond acceptors (Lipinski definition) is 6. The van der Waals surface area contributed by atoms with Gasteiger partial charge in [-0.1, -0.05) is 44.7 Å². The highest BCUT2D eigenvalue weighted by Gasteiger charge is 2.34. The van der Waals surface area contributed by atoms with E-state index in [-0.39, 0.29) is 11.7 Å². The molecule has 0 aliphatic carbocycles. The average molecular weight is 370 g/mol. The SMILES string of the molecule is CCCCCCCOC(=O)C1=C(C)Nc2ncnn2C1c1ccc(O)cc1. The summed E-state index contributed by atoms with van der Waals surface area (Å²) in [6.45, 7) is 4.42. The van der Waals surface area contributed by atoms with E-state index in [1.807, 2.05) is 6.92 Å². The molecule has 0 radical (unpaired) electrons. The molecule has 27 heavy (non-hydrogen) atoms. The minimum Gasteiger partial charge on any atom is -0.508 e. The van der Waals surface area contributed by atoms with E-state index in [0.717, 1.165) is 24.8 Å². The number of aromatic hydroxyl groups is 1. The number of rotatable bonds is 8. The van der Waals surface area contributed by atoms with Crippen LogP contribution in [0.3, 0.4) is 0 Å². The van der Waals surface area contributed by atoms with Crippen LogP contribution in [0.15, 0.2) is 41.9 Å². The lowest BCUT2D eigenvalue weighted by molar-refractivity contribution is -0.139. The van der Waals surface area contributed by atoms with Crippen molar-refractivity contribution < 1.29 is 14.6 Å². The lowest BCUT2D eigenvalue weighted by atomic mass is 9.96. The number of carbonyl (C=O) groups excluding carboxylic acids is 1. The van der Waals surface area contributed by atoms with Crippen LogP contribution in [0, 0.1) is 0 Å². The summed E-state index contributed by atoms with van der Waals surface area (Å²) in [5.74, 6) is 0.389. The van der Waals surface area contributed by atoms with Crippen LogP contribution in [0.5, 0.6) is 5.75 Å². The van der Waals surface area contributed by atoms with E-state index in [1.54, 1.807) is 28.9 Å². The molecule has 1 unspecified atom stereocenters. The molecule has 1 aliphatic rings. The van der Waals surface area contributed by atoms with Gasteiger partial charge in [0.25, 0.3) is 0 Å². The fraction of sp³-hybridized carbons (Fsp3) is 0.450. The monoisotopic (exact) mass is 370 g/mol. The number of ether oxygens (including phenoxy) is 1. The first-order valence-corrected chi connectivity index (χ1v) is 9.45. The van der Waals surface area contributed by atoms with Gasteiger partial charge in [-0.15, -0.1) is 0 Å². The number of nitrogens with one attached hydrogen (secondary N) is 1. The van der Waals surface area contributed by atoms with E-state index < -0.39 is 6.04 Å². The van der Waals surface area contributed by atoms with Crippen molar-refractivity contribution in [2.24, 2.45) is 0 Å². The zero-order chi connectivity index (χ0) is 19.2. The van der Waals surface area contributed by atoms with Crippen molar-refractivity contribution in [2.75, 3.05) is 11.9 Å². The largest absolute Gasteiger partial charge is 0.508 e. The van der Waals surface area contributed by atoms with Crippen LogP contribution >= 0.6 is 0 Å².